The van der Waals surface area contributed by atoms with Crippen molar-refractivity contribution in [1.82, 2.24) is 9.97 Å². The number of anilines is 1. The molecular formula is C20H20N4O. The van der Waals surface area contributed by atoms with Gasteiger partial charge in [-0.3, -0.25) is 5.43 Å². The van der Waals surface area contributed by atoms with Crippen molar-refractivity contribution in [3.8, 4) is 17.0 Å². The molecule has 1 N–H and O–H groups in total. The van der Waals surface area contributed by atoms with Gasteiger partial charge in [0.1, 0.15) is 17.9 Å². The lowest BCUT2D eigenvalue weighted by Gasteiger charge is -2.08. The third-order valence-electron chi connectivity index (χ3n) is 3.86. The number of methoxy groups -OCH3 is 1. The Labute approximate surface area is 147 Å². The second kappa shape index (κ2) is 7.57. The molecule has 25 heavy (non-hydrogen) atoms. The highest BCUT2D eigenvalue weighted by Crippen LogP contribution is 2.28. The van der Waals surface area contributed by atoms with E-state index in [2.05, 4.69) is 51.7 Å². The van der Waals surface area contributed by atoms with Gasteiger partial charge in [0.15, 0.2) is 0 Å². The minimum Gasteiger partial charge on any atom is -0.496 e. The number of hydrogen-bond acceptors (Lipinski definition) is 5. The van der Waals surface area contributed by atoms with Crippen LogP contribution in [0.25, 0.3) is 11.3 Å². The topological polar surface area (TPSA) is 59.4 Å². The van der Waals surface area contributed by atoms with Gasteiger partial charge in [0.05, 0.1) is 18.5 Å². The van der Waals surface area contributed by atoms with Crippen LogP contribution in [0.2, 0.25) is 0 Å². The summed E-state index contributed by atoms with van der Waals surface area (Å²) in [6.07, 6.45) is 1.51. The van der Waals surface area contributed by atoms with Crippen LogP contribution in [0.3, 0.4) is 0 Å². The second-order valence-corrected chi connectivity index (χ2v) is 5.66. The summed E-state index contributed by atoms with van der Waals surface area (Å²) in [5, 5.41) is 4.42. The zero-order valence-electron chi connectivity index (χ0n) is 14.5. The molecule has 1 heterocycles. The molecule has 5 heteroatoms. The van der Waals surface area contributed by atoms with Crippen molar-refractivity contribution in [1.29, 1.82) is 0 Å². The molecule has 0 aliphatic heterocycles. The number of nitrogens with one attached hydrogen (secondary N) is 1. The number of nitrogens with zero attached hydrogens (tertiary/aromatic N) is 3. The van der Waals surface area contributed by atoms with Crippen molar-refractivity contribution in [3.63, 3.8) is 0 Å². The van der Waals surface area contributed by atoms with E-state index in [1.165, 1.54) is 11.9 Å². The van der Waals surface area contributed by atoms with Gasteiger partial charge in [-0.2, -0.15) is 5.10 Å². The van der Waals surface area contributed by atoms with E-state index in [1.54, 1.807) is 7.11 Å². The Bertz CT molecular complexity index is 888. The fraction of sp³-hybridized carbons (Fsp3) is 0.150. The van der Waals surface area contributed by atoms with E-state index in [1.807, 2.05) is 37.3 Å². The summed E-state index contributed by atoms with van der Waals surface area (Å²) in [7, 11) is 1.65. The molecule has 0 aliphatic rings. The monoisotopic (exact) mass is 332 g/mol. The first-order valence-corrected chi connectivity index (χ1v) is 8.00. The molecule has 0 radical (unpaired) electrons. The number of aryl methyl sites for hydroxylation is 1. The van der Waals surface area contributed by atoms with Gasteiger partial charge in [-0.1, -0.05) is 42.0 Å². The van der Waals surface area contributed by atoms with Crippen LogP contribution in [0.1, 0.15) is 18.1 Å². The highest BCUT2D eigenvalue weighted by atomic mass is 16.5. The van der Waals surface area contributed by atoms with Crippen molar-refractivity contribution in [3.05, 3.63) is 72.1 Å². The smallest absolute Gasteiger partial charge is 0.150 e. The van der Waals surface area contributed by atoms with Crippen LogP contribution in [-0.4, -0.2) is 22.8 Å². The van der Waals surface area contributed by atoms with Crippen LogP contribution < -0.4 is 10.2 Å². The fourth-order valence-electron chi connectivity index (χ4n) is 2.42. The van der Waals surface area contributed by atoms with Crippen molar-refractivity contribution < 1.29 is 4.74 Å². The normalized spacial score (nSPS) is 11.2. The molecule has 0 amide bonds. The van der Waals surface area contributed by atoms with E-state index in [4.69, 9.17) is 4.74 Å². The highest BCUT2D eigenvalue weighted by molar-refractivity contribution is 5.99. The maximum absolute atomic E-state index is 5.40. The average Bonchev–Trinajstić information content (AvgIpc) is 2.67. The van der Waals surface area contributed by atoms with E-state index >= 15 is 0 Å². The lowest BCUT2D eigenvalue weighted by Crippen LogP contribution is -2.01. The predicted octanol–water partition coefficient (Wildman–Crippen LogP) is 4.30. The molecule has 0 aliphatic carbocycles. The van der Waals surface area contributed by atoms with E-state index < -0.39 is 0 Å². The van der Waals surface area contributed by atoms with Gasteiger partial charge in [-0.05, 0) is 31.5 Å². The summed E-state index contributed by atoms with van der Waals surface area (Å²) in [6, 6.07) is 17.8. The lowest BCUT2D eigenvalue weighted by molar-refractivity contribution is 0.416. The van der Waals surface area contributed by atoms with Crippen LogP contribution in [0.15, 0.2) is 66.0 Å². The third kappa shape index (κ3) is 4.01. The Balaban J connectivity index is 1.82. The number of hydrazone groups is 1. The second-order valence-electron chi connectivity index (χ2n) is 5.66. The van der Waals surface area contributed by atoms with Gasteiger partial charge >= 0.3 is 0 Å². The minimum atomic E-state index is 0.627. The van der Waals surface area contributed by atoms with E-state index in [9.17, 15) is 0 Å². The third-order valence-corrected chi connectivity index (χ3v) is 3.86. The molecule has 0 saturated carbocycles. The molecule has 0 atom stereocenters. The van der Waals surface area contributed by atoms with Gasteiger partial charge in [0.25, 0.3) is 0 Å². The zero-order chi connectivity index (χ0) is 17.6. The van der Waals surface area contributed by atoms with E-state index in [-0.39, 0.29) is 0 Å². The molecule has 3 aromatic rings. The van der Waals surface area contributed by atoms with Gasteiger partial charge in [0.2, 0.25) is 0 Å². The number of hydrogen-bond donors (Lipinski definition) is 1. The Kier molecular flexibility index (Phi) is 5.04. The lowest BCUT2D eigenvalue weighted by atomic mass is 10.1. The molecule has 126 valence electrons. The molecule has 3 rings (SSSR count). The Morgan fingerprint density at radius 3 is 2.56 bits per heavy atom. The number of rotatable bonds is 5. The van der Waals surface area contributed by atoms with Gasteiger partial charge in [0, 0.05) is 11.6 Å². The molecule has 0 fully saturated rings. The summed E-state index contributed by atoms with van der Waals surface area (Å²) in [5.74, 6) is 1.40. The quantitative estimate of drug-likeness (QED) is 0.559. The molecule has 0 spiro atoms. The van der Waals surface area contributed by atoms with Crippen LogP contribution in [0.5, 0.6) is 5.75 Å². The van der Waals surface area contributed by atoms with Gasteiger partial charge in [-0.15, -0.1) is 0 Å². The largest absolute Gasteiger partial charge is 0.496 e. The minimum absolute atomic E-state index is 0.627. The molecule has 0 bridgehead atoms. The number of ether oxygens (including phenoxy) is 1. The van der Waals surface area contributed by atoms with E-state index in [0.717, 1.165) is 28.3 Å². The first kappa shape index (κ1) is 16.6. The summed E-state index contributed by atoms with van der Waals surface area (Å²) in [6.45, 7) is 4.02. The first-order chi connectivity index (χ1) is 12.2. The zero-order valence-corrected chi connectivity index (χ0v) is 14.5. The molecule has 2 aromatic carbocycles. The van der Waals surface area contributed by atoms with E-state index in [0.29, 0.717) is 5.82 Å². The SMILES string of the molecule is COc1ccccc1-c1cc(N/N=C(/C)c2ccc(C)cc2)ncn1. The van der Waals surface area contributed by atoms with Crippen molar-refractivity contribution in [2.24, 2.45) is 5.10 Å². The molecule has 0 saturated heterocycles. The van der Waals surface area contributed by atoms with Crippen molar-refractivity contribution >= 4 is 11.5 Å². The fourth-order valence-corrected chi connectivity index (χ4v) is 2.42. The molecule has 5 nitrogen and oxygen atoms in total. The molecule has 0 unspecified atom stereocenters. The van der Waals surface area contributed by atoms with Gasteiger partial charge in [-0.25, -0.2) is 9.97 Å². The molecular weight excluding hydrogens is 312 g/mol. The van der Waals surface area contributed by atoms with Crippen LogP contribution >= 0.6 is 0 Å². The van der Waals surface area contributed by atoms with Crippen LogP contribution in [0.4, 0.5) is 5.82 Å². The standard InChI is InChI=1S/C20H20N4O/c1-14-8-10-16(11-9-14)15(2)23-24-20-12-18(21-13-22-20)17-6-4-5-7-19(17)25-3/h4-13H,1-3H3,(H,21,22,24)/b23-15-. The summed E-state index contributed by atoms with van der Waals surface area (Å²) < 4.78 is 5.40. The van der Waals surface area contributed by atoms with Gasteiger partial charge < -0.3 is 4.74 Å². The van der Waals surface area contributed by atoms with Crippen molar-refractivity contribution in [2.45, 2.75) is 13.8 Å². The predicted molar refractivity (Wildman–Crippen MR) is 101 cm³/mol. The average molecular weight is 332 g/mol. The number of aromatic nitrogens is 2. The maximum atomic E-state index is 5.40. The van der Waals surface area contributed by atoms with Crippen LogP contribution in [0, 0.1) is 6.92 Å². The number of benzene rings is 2. The van der Waals surface area contributed by atoms with Crippen molar-refractivity contribution in [2.75, 3.05) is 12.5 Å². The Morgan fingerprint density at radius 1 is 1.04 bits per heavy atom. The summed E-state index contributed by atoms with van der Waals surface area (Å²) in [4.78, 5) is 8.56. The van der Waals surface area contributed by atoms with Crippen LogP contribution in [-0.2, 0) is 0 Å². The number of para-hydroxylation sites is 1. The Morgan fingerprint density at radius 2 is 1.80 bits per heavy atom. The summed E-state index contributed by atoms with van der Waals surface area (Å²) >= 11 is 0. The summed E-state index contributed by atoms with van der Waals surface area (Å²) in [5.41, 5.74) is 7.87. The Hall–Kier alpha value is -3.21. The highest BCUT2D eigenvalue weighted by Gasteiger charge is 2.07. The maximum Gasteiger partial charge on any atom is 0.150 e. The first-order valence-electron chi connectivity index (χ1n) is 8.00. The molecule has 1 aromatic heterocycles.